The highest BCUT2D eigenvalue weighted by atomic mass is 16.6. The predicted molar refractivity (Wildman–Crippen MR) is 103 cm³/mol. The number of hydrogen-bond donors (Lipinski definition) is 1. The first-order chi connectivity index (χ1) is 12.2. The third-order valence-electron chi connectivity index (χ3n) is 5.54. The van der Waals surface area contributed by atoms with Crippen LogP contribution < -0.4 is 5.32 Å². The lowest BCUT2D eigenvalue weighted by Crippen LogP contribution is -2.55. The van der Waals surface area contributed by atoms with Crippen molar-refractivity contribution in [1.29, 1.82) is 0 Å². The van der Waals surface area contributed by atoms with E-state index in [0.29, 0.717) is 6.04 Å². The van der Waals surface area contributed by atoms with Gasteiger partial charge in [-0.1, -0.05) is 6.92 Å². The zero-order valence-electron chi connectivity index (χ0n) is 17.2. The summed E-state index contributed by atoms with van der Waals surface area (Å²) in [7, 11) is 0. The van der Waals surface area contributed by atoms with Crippen molar-refractivity contribution >= 4 is 12.0 Å². The van der Waals surface area contributed by atoms with Crippen LogP contribution in [-0.2, 0) is 9.53 Å². The zero-order valence-corrected chi connectivity index (χ0v) is 17.2. The van der Waals surface area contributed by atoms with Gasteiger partial charge in [-0.15, -0.1) is 0 Å². The first-order valence-electron chi connectivity index (χ1n) is 10.2. The fourth-order valence-corrected chi connectivity index (χ4v) is 4.02. The summed E-state index contributed by atoms with van der Waals surface area (Å²) in [6.45, 7) is 12.4. The van der Waals surface area contributed by atoms with Crippen LogP contribution in [0.1, 0.15) is 73.1 Å². The lowest BCUT2D eigenvalue weighted by atomic mass is 9.98. The molecule has 2 atom stereocenters. The maximum Gasteiger partial charge on any atom is 0.407 e. The minimum Gasteiger partial charge on any atom is -0.444 e. The Morgan fingerprint density at radius 1 is 1.12 bits per heavy atom. The topological polar surface area (TPSA) is 61.9 Å². The lowest BCUT2D eigenvalue weighted by molar-refractivity contribution is -0.140. The molecule has 0 aromatic heterocycles. The van der Waals surface area contributed by atoms with Crippen LogP contribution in [0.2, 0.25) is 0 Å². The lowest BCUT2D eigenvalue weighted by Gasteiger charge is -2.41. The van der Waals surface area contributed by atoms with Crippen LogP contribution in [0, 0.1) is 0 Å². The predicted octanol–water partition coefficient (Wildman–Crippen LogP) is 3.16. The maximum absolute atomic E-state index is 13.0. The van der Waals surface area contributed by atoms with Gasteiger partial charge in [0.15, 0.2) is 0 Å². The molecule has 2 saturated heterocycles. The second kappa shape index (κ2) is 9.07. The Morgan fingerprint density at radius 3 is 2.35 bits per heavy atom. The smallest absolute Gasteiger partial charge is 0.407 e. The van der Waals surface area contributed by atoms with E-state index in [-0.39, 0.29) is 24.1 Å². The molecule has 2 aliphatic heterocycles. The van der Waals surface area contributed by atoms with E-state index in [1.807, 2.05) is 27.7 Å². The highest BCUT2D eigenvalue weighted by Gasteiger charge is 2.33. The Balaban J connectivity index is 1.81. The van der Waals surface area contributed by atoms with E-state index < -0.39 is 5.60 Å². The van der Waals surface area contributed by atoms with E-state index in [0.717, 1.165) is 51.7 Å². The summed E-state index contributed by atoms with van der Waals surface area (Å²) in [6.07, 6.45) is 5.90. The summed E-state index contributed by atoms with van der Waals surface area (Å²) >= 11 is 0. The van der Waals surface area contributed by atoms with Gasteiger partial charge in [-0.05, 0) is 66.2 Å². The molecule has 0 aromatic rings. The molecule has 0 bridgehead atoms. The summed E-state index contributed by atoms with van der Waals surface area (Å²) in [4.78, 5) is 29.3. The minimum absolute atomic E-state index is 0.0790. The number of piperidine rings is 2. The molecule has 2 amide bonds. The molecule has 0 saturated carbocycles. The summed E-state index contributed by atoms with van der Waals surface area (Å²) < 4.78 is 5.33. The van der Waals surface area contributed by atoms with Gasteiger partial charge >= 0.3 is 6.09 Å². The highest BCUT2D eigenvalue weighted by molar-refractivity contribution is 5.82. The van der Waals surface area contributed by atoms with Crippen molar-refractivity contribution in [2.75, 3.05) is 19.6 Å². The van der Waals surface area contributed by atoms with Crippen molar-refractivity contribution in [3.63, 3.8) is 0 Å². The molecule has 2 heterocycles. The van der Waals surface area contributed by atoms with Crippen molar-refractivity contribution in [1.82, 2.24) is 15.1 Å². The molecular weight excluding hydrogens is 330 g/mol. The molecule has 2 fully saturated rings. The molecule has 150 valence electrons. The van der Waals surface area contributed by atoms with Crippen molar-refractivity contribution in [2.24, 2.45) is 0 Å². The molecule has 2 rings (SSSR count). The first kappa shape index (κ1) is 21.0. The number of hydrogen-bond acceptors (Lipinski definition) is 4. The third kappa shape index (κ3) is 5.86. The molecule has 2 unspecified atom stereocenters. The van der Waals surface area contributed by atoms with Crippen molar-refractivity contribution in [3.8, 4) is 0 Å². The van der Waals surface area contributed by atoms with E-state index >= 15 is 0 Å². The summed E-state index contributed by atoms with van der Waals surface area (Å²) in [5, 5.41) is 2.96. The Bertz CT molecular complexity index is 481. The largest absolute Gasteiger partial charge is 0.444 e. The number of nitrogens with zero attached hydrogens (tertiary/aromatic N) is 2. The molecule has 26 heavy (non-hydrogen) atoms. The highest BCUT2D eigenvalue weighted by Crippen LogP contribution is 2.22. The van der Waals surface area contributed by atoms with Gasteiger partial charge in [-0.2, -0.15) is 0 Å². The van der Waals surface area contributed by atoms with Crippen LogP contribution in [0.3, 0.4) is 0 Å². The summed E-state index contributed by atoms with van der Waals surface area (Å²) in [5.41, 5.74) is -0.476. The van der Waals surface area contributed by atoms with E-state index in [2.05, 4.69) is 22.0 Å². The van der Waals surface area contributed by atoms with E-state index in [4.69, 9.17) is 4.74 Å². The Kier molecular flexibility index (Phi) is 7.33. The average molecular weight is 368 g/mol. The maximum atomic E-state index is 13.0. The number of likely N-dealkylation sites (tertiary alicyclic amines) is 2. The van der Waals surface area contributed by atoms with E-state index in [1.165, 1.54) is 6.42 Å². The molecule has 0 radical (unpaired) electrons. The number of carbonyl (C=O) groups is 2. The molecule has 6 nitrogen and oxygen atoms in total. The normalized spacial score (nSPS) is 24.2. The molecular formula is C20H37N3O3. The second-order valence-corrected chi connectivity index (χ2v) is 8.72. The molecule has 2 aliphatic rings. The third-order valence-corrected chi connectivity index (χ3v) is 5.54. The van der Waals surface area contributed by atoms with Crippen LogP contribution in [0.15, 0.2) is 0 Å². The molecule has 6 heteroatoms. The number of carbonyl (C=O) groups excluding carboxylic acids is 2. The zero-order chi connectivity index (χ0) is 19.3. The standard InChI is InChI=1S/C20H37N3O3/c1-6-17-9-7-8-12-23(17)18(24)15(2)22-13-10-16(11-14-22)21-19(25)26-20(3,4)5/h15-17H,6-14H2,1-5H3,(H,21,25). The van der Waals surface area contributed by atoms with Crippen molar-refractivity contribution in [3.05, 3.63) is 0 Å². The average Bonchev–Trinajstić information content (AvgIpc) is 2.59. The van der Waals surface area contributed by atoms with Gasteiger partial charge in [0.1, 0.15) is 5.60 Å². The fourth-order valence-electron chi connectivity index (χ4n) is 4.02. The molecule has 0 aliphatic carbocycles. The van der Waals surface area contributed by atoms with Crippen molar-refractivity contribution < 1.29 is 14.3 Å². The van der Waals surface area contributed by atoms with Gasteiger partial charge in [-0.3, -0.25) is 9.69 Å². The molecule has 1 N–H and O–H groups in total. The monoisotopic (exact) mass is 367 g/mol. The Morgan fingerprint density at radius 2 is 1.77 bits per heavy atom. The number of rotatable bonds is 4. The van der Waals surface area contributed by atoms with Gasteiger partial charge in [0, 0.05) is 31.7 Å². The van der Waals surface area contributed by atoms with E-state index in [1.54, 1.807) is 0 Å². The Hall–Kier alpha value is -1.30. The van der Waals surface area contributed by atoms with Gasteiger partial charge in [0.2, 0.25) is 5.91 Å². The number of nitrogens with one attached hydrogen (secondary N) is 1. The number of alkyl carbamates (subject to hydrolysis) is 1. The Labute approximate surface area is 158 Å². The van der Waals surface area contributed by atoms with Crippen LogP contribution in [0.5, 0.6) is 0 Å². The number of amides is 2. The number of ether oxygens (including phenoxy) is 1. The van der Waals surface area contributed by atoms with Gasteiger partial charge in [-0.25, -0.2) is 4.79 Å². The SMILES string of the molecule is CCC1CCCCN1C(=O)C(C)N1CCC(NC(=O)OC(C)(C)C)CC1. The van der Waals surface area contributed by atoms with E-state index in [9.17, 15) is 9.59 Å². The first-order valence-corrected chi connectivity index (χ1v) is 10.2. The summed E-state index contributed by atoms with van der Waals surface area (Å²) in [6, 6.07) is 0.455. The quantitative estimate of drug-likeness (QED) is 0.829. The minimum atomic E-state index is -0.476. The van der Waals surface area contributed by atoms with Gasteiger partial charge in [0.05, 0.1) is 6.04 Å². The van der Waals surface area contributed by atoms with Gasteiger partial charge < -0.3 is 15.0 Å². The fraction of sp³-hybridized carbons (Fsp3) is 0.900. The molecule has 0 spiro atoms. The molecule has 0 aromatic carbocycles. The van der Waals surface area contributed by atoms with Crippen LogP contribution in [-0.4, -0.2) is 65.2 Å². The van der Waals surface area contributed by atoms with Crippen LogP contribution >= 0.6 is 0 Å². The van der Waals surface area contributed by atoms with Crippen molar-refractivity contribution in [2.45, 2.75) is 96.9 Å². The summed E-state index contributed by atoms with van der Waals surface area (Å²) in [5.74, 6) is 0.273. The second-order valence-electron chi connectivity index (χ2n) is 8.72. The van der Waals surface area contributed by atoms with Crippen LogP contribution in [0.25, 0.3) is 0 Å². The van der Waals surface area contributed by atoms with Crippen LogP contribution in [0.4, 0.5) is 4.79 Å². The van der Waals surface area contributed by atoms with Gasteiger partial charge in [0.25, 0.3) is 0 Å².